The number of fused-ring (bicyclic) bond motifs is 2. The molecule has 3 fully saturated rings. The van der Waals surface area contributed by atoms with Crippen molar-refractivity contribution in [2.45, 2.75) is 63.7 Å². The van der Waals surface area contributed by atoms with Crippen LogP contribution in [0, 0.1) is 23.7 Å². The summed E-state index contributed by atoms with van der Waals surface area (Å²) >= 11 is -0.556. The Labute approximate surface area is 244 Å². The molecule has 5 heteroatoms. The van der Waals surface area contributed by atoms with Gasteiger partial charge in [0.2, 0.25) is 0 Å². The van der Waals surface area contributed by atoms with Crippen molar-refractivity contribution in [3.05, 3.63) is 83.9 Å². The molecule has 2 nitrogen and oxygen atoms in total. The molecule has 3 saturated carbocycles. The third kappa shape index (κ3) is 6.58. The van der Waals surface area contributed by atoms with Gasteiger partial charge in [0.05, 0.1) is 5.69 Å². The first-order chi connectivity index (χ1) is 18.7. The minimum atomic E-state index is -0.556. The number of aromatic hydroxyl groups is 1. The zero-order valence-electron chi connectivity index (χ0n) is 21.9. The van der Waals surface area contributed by atoms with Crippen LogP contribution in [-0.4, -0.2) is 11.3 Å². The molecule has 198 valence electrons. The molecular formula is C33H37Cl2NOTi. The average molecular weight is 582 g/mol. The second-order valence-electron chi connectivity index (χ2n) is 11.3. The summed E-state index contributed by atoms with van der Waals surface area (Å²) in [5.74, 6) is 4.30. The molecule has 0 heterocycles. The third-order valence-corrected chi connectivity index (χ3v) is 9.24. The Morgan fingerprint density at radius 3 is 2.08 bits per heavy atom. The van der Waals surface area contributed by atoms with Gasteiger partial charge in [0.15, 0.2) is 0 Å². The SMILES string of the molecule is Oc1c(C=Nc2ccccc2)cc(-c2ccccc2)cc1C1CCCC2CC3CCCCC3CC21.[Cl][Ti][Cl]. The van der Waals surface area contributed by atoms with Crippen LogP contribution in [0.15, 0.2) is 77.8 Å². The molecule has 0 aromatic heterocycles. The summed E-state index contributed by atoms with van der Waals surface area (Å²) in [5, 5.41) is 11.6. The van der Waals surface area contributed by atoms with Gasteiger partial charge in [-0.25, -0.2) is 0 Å². The van der Waals surface area contributed by atoms with E-state index in [2.05, 4.69) is 42.5 Å². The Balaban J connectivity index is 0.000000937. The van der Waals surface area contributed by atoms with Crippen molar-refractivity contribution in [2.75, 3.05) is 0 Å². The van der Waals surface area contributed by atoms with E-state index >= 15 is 0 Å². The Kier molecular flexibility index (Phi) is 10.1. The van der Waals surface area contributed by atoms with Crippen LogP contribution in [0.4, 0.5) is 5.69 Å². The summed E-state index contributed by atoms with van der Waals surface area (Å²) in [6.45, 7) is 0. The number of phenols is 1. The molecule has 5 unspecified atom stereocenters. The Morgan fingerprint density at radius 2 is 1.37 bits per heavy atom. The molecule has 38 heavy (non-hydrogen) atoms. The summed E-state index contributed by atoms with van der Waals surface area (Å²) in [6, 6.07) is 25.0. The number of aliphatic imine (C=N–C) groups is 1. The third-order valence-electron chi connectivity index (χ3n) is 9.24. The standard InChI is InChI=1S/C33H37NO.2ClH.Ti/c35-33-28(22-34-29-15-5-2-6-16-29)19-27(23-10-3-1-4-11-23)21-32(33)30-17-9-14-26-18-24-12-7-8-13-25(24)20-31(26)30;;;/h1-6,10-11,15-16,19,21-22,24-26,30-31,35H,7-9,12-14,17-18,20H2;2*1H;/q;;;+2/p-2. The summed E-state index contributed by atoms with van der Waals surface area (Å²) in [5.41, 5.74) is 5.28. The van der Waals surface area contributed by atoms with Crippen molar-refractivity contribution in [2.24, 2.45) is 28.7 Å². The number of nitrogens with zero attached hydrogens (tertiary/aromatic N) is 1. The van der Waals surface area contributed by atoms with Crippen LogP contribution >= 0.6 is 18.6 Å². The Bertz CT molecular complexity index is 1200. The molecule has 3 aromatic rings. The van der Waals surface area contributed by atoms with E-state index in [9.17, 15) is 5.11 Å². The van der Waals surface area contributed by atoms with Crippen LogP contribution in [0.3, 0.4) is 0 Å². The number of halogens is 2. The van der Waals surface area contributed by atoms with Crippen molar-refractivity contribution in [3.63, 3.8) is 0 Å². The van der Waals surface area contributed by atoms with E-state index in [1.165, 1.54) is 68.9 Å². The van der Waals surface area contributed by atoms with Crippen LogP contribution in [-0.2, 0) is 17.0 Å². The number of rotatable bonds is 4. The summed E-state index contributed by atoms with van der Waals surface area (Å²) in [4.78, 5) is 4.71. The Morgan fingerprint density at radius 1 is 0.737 bits per heavy atom. The number of hydrogen-bond acceptors (Lipinski definition) is 2. The van der Waals surface area contributed by atoms with E-state index in [0.717, 1.165) is 34.6 Å². The molecule has 3 aliphatic rings. The summed E-state index contributed by atoms with van der Waals surface area (Å²) < 4.78 is 0. The first-order valence-corrected chi connectivity index (χ1v) is 18.4. The van der Waals surface area contributed by atoms with Crippen molar-refractivity contribution < 1.29 is 22.1 Å². The number of phenolic OH excluding ortho intramolecular Hbond substituents is 1. The predicted molar refractivity (Wildman–Crippen MR) is 157 cm³/mol. The van der Waals surface area contributed by atoms with Crippen LogP contribution in [0.25, 0.3) is 11.1 Å². The van der Waals surface area contributed by atoms with Gasteiger partial charge in [-0.15, -0.1) is 0 Å². The fraction of sp³-hybridized carbons (Fsp3) is 0.424. The van der Waals surface area contributed by atoms with Crippen molar-refractivity contribution in [3.8, 4) is 16.9 Å². The van der Waals surface area contributed by atoms with Gasteiger partial charge in [-0.1, -0.05) is 87.1 Å². The molecular weight excluding hydrogens is 545 g/mol. The van der Waals surface area contributed by atoms with Crippen LogP contribution in [0.5, 0.6) is 5.75 Å². The second kappa shape index (κ2) is 13.7. The molecule has 0 aliphatic heterocycles. The zero-order valence-corrected chi connectivity index (χ0v) is 25.0. The van der Waals surface area contributed by atoms with Gasteiger partial charge < -0.3 is 5.11 Å². The normalized spacial score (nSPS) is 26.5. The van der Waals surface area contributed by atoms with E-state index in [1.54, 1.807) is 0 Å². The Hall–Kier alpha value is -1.58. The molecule has 5 atom stereocenters. The van der Waals surface area contributed by atoms with Gasteiger partial charge in [0, 0.05) is 11.8 Å². The first-order valence-electron chi connectivity index (χ1n) is 14.2. The van der Waals surface area contributed by atoms with Gasteiger partial charge in [-0.2, -0.15) is 0 Å². The topological polar surface area (TPSA) is 32.6 Å². The molecule has 1 N–H and O–H groups in total. The fourth-order valence-electron chi connectivity index (χ4n) is 7.55. The van der Waals surface area contributed by atoms with E-state index in [-0.39, 0.29) is 0 Å². The predicted octanol–water partition coefficient (Wildman–Crippen LogP) is 10.3. The molecule has 6 rings (SSSR count). The average Bonchev–Trinajstić information content (AvgIpc) is 2.97. The summed E-state index contributed by atoms with van der Waals surface area (Å²) in [6.07, 6.45) is 14.2. The molecule has 3 aliphatic carbocycles. The number of para-hydroxylation sites is 1. The molecule has 0 amide bonds. The van der Waals surface area contributed by atoms with Crippen LogP contribution in [0.1, 0.15) is 74.8 Å². The van der Waals surface area contributed by atoms with Crippen molar-refractivity contribution in [1.29, 1.82) is 0 Å². The van der Waals surface area contributed by atoms with Gasteiger partial charge >= 0.3 is 35.6 Å². The zero-order chi connectivity index (χ0) is 26.3. The van der Waals surface area contributed by atoms with Gasteiger partial charge in [0.25, 0.3) is 0 Å². The molecule has 3 aromatic carbocycles. The summed E-state index contributed by atoms with van der Waals surface area (Å²) in [7, 11) is 9.78. The maximum absolute atomic E-state index is 11.6. The van der Waals surface area contributed by atoms with Crippen LogP contribution in [0.2, 0.25) is 0 Å². The fourth-order valence-corrected chi connectivity index (χ4v) is 7.55. The van der Waals surface area contributed by atoms with Gasteiger partial charge in [0.1, 0.15) is 5.75 Å². The van der Waals surface area contributed by atoms with E-state index < -0.39 is 17.0 Å². The monoisotopic (exact) mass is 581 g/mol. The first kappa shape index (κ1) is 28.0. The van der Waals surface area contributed by atoms with E-state index in [1.807, 2.05) is 36.5 Å². The van der Waals surface area contributed by atoms with E-state index in [4.69, 9.17) is 23.6 Å². The molecule has 0 spiro atoms. The quantitative estimate of drug-likeness (QED) is 0.241. The molecule has 0 saturated heterocycles. The van der Waals surface area contributed by atoms with Gasteiger partial charge in [-0.05, 0) is 89.8 Å². The van der Waals surface area contributed by atoms with Gasteiger partial charge in [-0.3, -0.25) is 4.99 Å². The molecule has 0 radical (unpaired) electrons. The van der Waals surface area contributed by atoms with Crippen molar-refractivity contribution >= 4 is 30.5 Å². The number of hydrogen-bond donors (Lipinski definition) is 1. The minimum absolute atomic E-state index is 0.445. The molecule has 0 bridgehead atoms. The van der Waals surface area contributed by atoms with E-state index in [0.29, 0.717) is 17.6 Å². The second-order valence-corrected chi connectivity index (χ2v) is 13.9. The number of benzene rings is 3. The van der Waals surface area contributed by atoms with Crippen LogP contribution < -0.4 is 0 Å². The maximum atomic E-state index is 11.6. The van der Waals surface area contributed by atoms with Crippen molar-refractivity contribution in [1.82, 2.24) is 0 Å².